The number of aliphatic carboxylic acids is 1. The molecule has 0 spiro atoms. The molecule has 1 aliphatic carbocycles. The third-order valence-electron chi connectivity index (χ3n) is 7.98. The van der Waals surface area contributed by atoms with E-state index in [2.05, 4.69) is 10.3 Å². The highest BCUT2D eigenvalue weighted by molar-refractivity contribution is 5.97. The molecule has 0 radical (unpaired) electrons. The van der Waals surface area contributed by atoms with Gasteiger partial charge in [-0.05, 0) is 58.1 Å². The Morgan fingerprint density at radius 2 is 1.88 bits per heavy atom. The van der Waals surface area contributed by atoms with Gasteiger partial charge < -0.3 is 29.7 Å². The molecule has 2 amide bonds. The third kappa shape index (κ3) is 8.16. The summed E-state index contributed by atoms with van der Waals surface area (Å²) in [5, 5.41) is 13.0. The number of rotatable bonds is 15. The molecule has 1 aliphatic heterocycles. The molecule has 2 fully saturated rings. The lowest BCUT2D eigenvalue weighted by Gasteiger charge is -2.40. The van der Waals surface area contributed by atoms with Gasteiger partial charge in [0.15, 0.2) is 0 Å². The molecule has 10 nitrogen and oxygen atoms in total. The zero-order valence-electron chi connectivity index (χ0n) is 24.8. The van der Waals surface area contributed by atoms with Crippen LogP contribution in [0.15, 0.2) is 24.3 Å². The van der Waals surface area contributed by atoms with Gasteiger partial charge in [-0.3, -0.25) is 14.4 Å². The van der Waals surface area contributed by atoms with E-state index >= 15 is 0 Å². The fraction of sp³-hybridized carbons (Fsp3) is 0.613. The summed E-state index contributed by atoms with van der Waals surface area (Å²) in [5.74, 6) is -1.41. The number of ether oxygens (including phenoxy) is 2. The second-order valence-electron chi connectivity index (χ2n) is 11.5. The maximum atomic E-state index is 14.8. The molecule has 2 unspecified atom stereocenters. The Kier molecular flexibility index (Phi) is 11.1. The Morgan fingerprint density at radius 1 is 1.12 bits per heavy atom. The number of hydrogen-bond donors (Lipinski definition) is 2. The van der Waals surface area contributed by atoms with Gasteiger partial charge in [0.25, 0.3) is 5.91 Å². The van der Waals surface area contributed by atoms with Gasteiger partial charge in [-0.15, -0.1) is 0 Å². The predicted octanol–water partition coefficient (Wildman–Crippen LogP) is 4.01. The van der Waals surface area contributed by atoms with Gasteiger partial charge in [0.2, 0.25) is 5.91 Å². The van der Waals surface area contributed by atoms with Crippen molar-refractivity contribution in [2.75, 3.05) is 33.4 Å². The summed E-state index contributed by atoms with van der Waals surface area (Å²) in [4.78, 5) is 45.5. The first-order valence-corrected chi connectivity index (χ1v) is 15.0. The normalized spacial score (nSPS) is 18.7. The maximum Gasteiger partial charge on any atom is 0.303 e. The molecule has 4 rings (SSSR count). The number of carboxylic acid groups (broad SMARTS) is 1. The van der Waals surface area contributed by atoms with Crippen LogP contribution in [0, 0.1) is 5.82 Å². The SMILES string of the molecule is COCCCOc1cc(C(=O)N(C(C)C)C2CCC(CCN(C(=O)CCC(=O)O)C3CC3)NC2)nc2c(F)cccc12. The van der Waals surface area contributed by atoms with Crippen LogP contribution in [0.1, 0.15) is 75.7 Å². The van der Waals surface area contributed by atoms with E-state index in [1.807, 2.05) is 23.6 Å². The largest absolute Gasteiger partial charge is 0.493 e. The number of nitrogens with zero attached hydrogens (tertiary/aromatic N) is 3. The Hall–Kier alpha value is -3.31. The summed E-state index contributed by atoms with van der Waals surface area (Å²) in [6, 6.07) is 6.51. The highest BCUT2D eigenvalue weighted by Crippen LogP contribution is 2.30. The predicted molar refractivity (Wildman–Crippen MR) is 156 cm³/mol. The van der Waals surface area contributed by atoms with Crippen molar-refractivity contribution in [1.82, 2.24) is 20.1 Å². The number of amides is 2. The van der Waals surface area contributed by atoms with Crippen molar-refractivity contribution >= 4 is 28.7 Å². The molecule has 2 aliphatic rings. The minimum absolute atomic E-state index is 0.0318. The van der Waals surface area contributed by atoms with Crippen LogP contribution in [0.25, 0.3) is 10.9 Å². The van der Waals surface area contributed by atoms with Gasteiger partial charge >= 0.3 is 5.97 Å². The van der Waals surface area contributed by atoms with Gasteiger partial charge in [-0.2, -0.15) is 0 Å². The highest BCUT2D eigenvalue weighted by atomic mass is 19.1. The second kappa shape index (κ2) is 14.7. The van der Waals surface area contributed by atoms with Gasteiger partial charge in [0.1, 0.15) is 22.8 Å². The van der Waals surface area contributed by atoms with Crippen molar-refractivity contribution in [3.8, 4) is 5.75 Å². The first kappa shape index (κ1) is 31.6. The lowest BCUT2D eigenvalue weighted by molar-refractivity contribution is -0.141. The molecule has 1 aromatic heterocycles. The lowest BCUT2D eigenvalue weighted by atomic mass is 9.96. The molecule has 2 N–H and O–H groups in total. The van der Waals surface area contributed by atoms with E-state index in [9.17, 15) is 18.8 Å². The van der Waals surface area contributed by atoms with Crippen molar-refractivity contribution in [1.29, 1.82) is 0 Å². The minimum atomic E-state index is -0.960. The van der Waals surface area contributed by atoms with Crippen LogP contribution in [0.2, 0.25) is 0 Å². The Morgan fingerprint density at radius 3 is 2.52 bits per heavy atom. The molecule has 2 aromatic rings. The molecule has 1 aromatic carbocycles. The van der Waals surface area contributed by atoms with Crippen molar-refractivity contribution < 1.29 is 33.4 Å². The molecule has 2 heterocycles. The molecular weight excluding hydrogens is 543 g/mol. The average molecular weight is 587 g/mol. The Balaban J connectivity index is 1.41. The first-order valence-electron chi connectivity index (χ1n) is 15.0. The van der Waals surface area contributed by atoms with E-state index in [1.165, 1.54) is 6.07 Å². The molecule has 2 atom stereocenters. The van der Waals surface area contributed by atoms with Crippen LogP contribution in [-0.4, -0.2) is 95.3 Å². The Labute approximate surface area is 246 Å². The first-order chi connectivity index (χ1) is 20.2. The van der Waals surface area contributed by atoms with Crippen molar-refractivity contribution in [3.63, 3.8) is 0 Å². The van der Waals surface area contributed by atoms with Crippen LogP contribution in [0.3, 0.4) is 0 Å². The van der Waals surface area contributed by atoms with Crippen LogP contribution in [-0.2, 0) is 14.3 Å². The van der Waals surface area contributed by atoms with E-state index in [0.717, 1.165) is 32.1 Å². The summed E-state index contributed by atoms with van der Waals surface area (Å²) < 4.78 is 25.8. The number of aromatic nitrogens is 1. The fourth-order valence-electron chi connectivity index (χ4n) is 5.68. The number of hydrogen-bond acceptors (Lipinski definition) is 7. The van der Waals surface area contributed by atoms with Crippen molar-refractivity contribution in [2.45, 2.75) is 89.4 Å². The Bertz CT molecular complexity index is 1250. The van der Waals surface area contributed by atoms with E-state index in [4.69, 9.17) is 14.6 Å². The average Bonchev–Trinajstić information content (AvgIpc) is 3.80. The number of pyridine rings is 1. The van der Waals surface area contributed by atoms with Crippen molar-refractivity contribution in [3.05, 3.63) is 35.8 Å². The number of piperidine rings is 1. The topological polar surface area (TPSA) is 121 Å². The molecule has 0 bridgehead atoms. The summed E-state index contributed by atoms with van der Waals surface area (Å²) in [6.45, 7) is 6.00. The van der Waals surface area contributed by atoms with E-state index < -0.39 is 11.8 Å². The summed E-state index contributed by atoms with van der Waals surface area (Å²) in [6.07, 6.45) is 4.85. The van der Waals surface area contributed by atoms with Gasteiger partial charge in [-0.25, -0.2) is 9.37 Å². The second-order valence-corrected chi connectivity index (χ2v) is 11.5. The molecule has 1 saturated carbocycles. The van der Waals surface area contributed by atoms with E-state index in [1.54, 1.807) is 25.3 Å². The standard InChI is InChI=1S/C31H43FN4O6/c1-20(2)36(23-9-8-21(33-19-23)14-15-35(22-10-11-22)28(37)12-13-29(38)39)31(40)26-18-27(42-17-5-16-41-3)24-6-4-7-25(32)30(24)34-26/h4,6-7,18,20-23,33H,5,8-17,19H2,1-3H3,(H,38,39). The third-order valence-corrected chi connectivity index (χ3v) is 7.98. The number of benzene rings is 1. The van der Waals surface area contributed by atoms with E-state index in [-0.39, 0.29) is 60.0 Å². The quantitative estimate of drug-likeness (QED) is 0.301. The van der Waals surface area contributed by atoms with Crippen LogP contribution >= 0.6 is 0 Å². The highest BCUT2D eigenvalue weighted by Gasteiger charge is 2.35. The lowest BCUT2D eigenvalue weighted by Crippen LogP contribution is -2.54. The number of carbonyl (C=O) groups is 3. The summed E-state index contributed by atoms with van der Waals surface area (Å²) in [5.41, 5.74) is 0.249. The molecule has 230 valence electrons. The molecule has 1 saturated heterocycles. The van der Waals surface area contributed by atoms with Gasteiger partial charge in [-0.1, -0.05) is 6.07 Å². The fourth-order valence-corrected chi connectivity index (χ4v) is 5.68. The number of fused-ring (bicyclic) bond motifs is 1. The number of halogens is 1. The van der Waals surface area contributed by atoms with Crippen LogP contribution in [0.4, 0.5) is 4.39 Å². The monoisotopic (exact) mass is 586 g/mol. The number of carboxylic acids is 1. The van der Waals surface area contributed by atoms with Gasteiger partial charge in [0.05, 0.1) is 13.0 Å². The van der Waals surface area contributed by atoms with E-state index in [0.29, 0.717) is 43.9 Å². The minimum Gasteiger partial charge on any atom is -0.493 e. The van der Waals surface area contributed by atoms with Crippen molar-refractivity contribution in [2.24, 2.45) is 0 Å². The molecule has 42 heavy (non-hydrogen) atoms. The smallest absolute Gasteiger partial charge is 0.303 e. The molecular formula is C31H43FN4O6. The number of nitrogens with one attached hydrogen (secondary N) is 1. The van der Waals surface area contributed by atoms with Crippen LogP contribution < -0.4 is 10.1 Å². The zero-order chi connectivity index (χ0) is 30.2. The summed E-state index contributed by atoms with van der Waals surface area (Å²) in [7, 11) is 1.62. The number of methoxy groups -OCH3 is 1. The maximum absolute atomic E-state index is 14.8. The summed E-state index contributed by atoms with van der Waals surface area (Å²) >= 11 is 0. The van der Waals surface area contributed by atoms with Crippen LogP contribution in [0.5, 0.6) is 5.75 Å². The molecule has 11 heteroatoms. The van der Waals surface area contributed by atoms with Gasteiger partial charge in [0, 0.05) is 75.3 Å². The number of para-hydroxylation sites is 1. The number of carbonyl (C=O) groups excluding carboxylic acids is 2. The zero-order valence-corrected chi connectivity index (χ0v) is 24.8.